The number of rotatable bonds is 6. The smallest absolute Gasteiger partial charge is 0.273 e. The molecule has 0 radical (unpaired) electrons. The Kier molecular flexibility index (Phi) is 5.68. The fourth-order valence-corrected chi connectivity index (χ4v) is 2.68. The number of nitro groups is 1. The number of ether oxygens (including phenoxy) is 1. The Bertz CT molecular complexity index is 977. The first-order valence-electron chi connectivity index (χ1n) is 8.07. The van der Waals surface area contributed by atoms with Crippen molar-refractivity contribution in [2.24, 2.45) is 0 Å². The van der Waals surface area contributed by atoms with Gasteiger partial charge in [0.2, 0.25) is 5.91 Å². The second-order valence-electron chi connectivity index (χ2n) is 5.67. The van der Waals surface area contributed by atoms with Crippen molar-refractivity contribution in [1.82, 2.24) is 0 Å². The van der Waals surface area contributed by atoms with Gasteiger partial charge in [0, 0.05) is 16.7 Å². The highest BCUT2D eigenvalue weighted by molar-refractivity contribution is 6.31. The van der Waals surface area contributed by atoms with Crippen molar-refractivity contribution >= 4 is 28.9 Å². The van der Waals surface area contributed by atoms with E-state index >= 15 is 0 Å². The molecule has 0 saturated heterocycles. The number of carbonyl (C=O) groups is 1. The summed E-state index contributed by atoms with van der Waals surface area (Å²) < 4.78 is 5.80. The van der Waals surface area contributed by atoms with Crippen LogP contribution in [-0.2, 0) is 11.2 Å². The molecule has 0 saturated carbocycles. The van der Waals surface area contributed by atoms with E-state index in [2.05, 4.69) is 5.32 Å². The van der Waals surface area contributed by atoms with E-state index in [0.717, 1.165) is 0 Å². The quantitative estimate of drug-likeness (QED) is 0.468. The third kappa shape index (κ3) is 4.83. The number of halogens is 1. The van der Waals surface area contributed by atoms with Crippen molar-refractivity contribution in [3.05, 3.63) is 93.5 Å². The van der Waals surface area contributed by atoms with Crippen LogP contribution in [0.5, 0.6) is 11.5 Å². The summed E-state index contributed by atoms with van der Waals surface area (Å²) >= 11 is 6.03. The average molecular weight is 383 g/mol. The van der Waals surface area contributed by atoms with Crippen LogP contribution in [0, 0.1) is 10.1 Å². The highest BCUT2D eigenvalue weighted by Crippen LogP contribution is 2.32. The number of hydrogen-bond acceptors (Lipinski definition) is 4. The Morgan fingerprint density at radius 3 is 2.48 bits per heavy atom. The van der Waals surface area contributed by atoms with Gasteiger partial charge in [-0.3, -0.25) is 14.9 Å². The molecule has 136 valence electrons. The van der Waals surface area contributed by atoms with Gasteiger partial charge >= 0.3 is 0 Å². The molecule has 3 aromatic rings. The summed E-state index contributed by atoms with van der Waals surface area (Å²) in [6.07, 6.45) is -0.144. The SMILES string of the molecule is O=C(Cc1ccccc1[N+](=O)[O-])Nc1cc(Cl)ccc1Oc1ccccc1. The normalized spacial score (nSPS) is 10.3. The van der Waals surface area contributed by atoms with Crippen LogP contribution in [0.25, 0.3) is 0 Å². The van der Waals surface area contributed by atoms with Crippen LogP contribution >= 0.6 is 11.6 Å². The standard InChI is InChI=1S/C20H15ClN2O4/c21-15-10-11-19(27-16-7-2-1-3-8-16)17(13-15)22-20(24)12-14-6-4-5-9-18(14)23(25)26/h1-11,13H,12H2,(H,22,24). The van der Waals surface area contributed by atoms with Gasteiger partial charge < -0.3 is 10.1 Å². The van der Waals surface area contributed by atoms with Crippen molar-refractivity contribution < 1.29 is 14.5 Å². The molecule has 27 heavy (non-hydrogen) atoms. The van der Waals surface area contributed by atoms with Crippen molar-refractivity contribution in [2.75, 3.05) is 5.32 Å². The van der Waals surface area contributed by atoms with Crippen molar-refractivity contribution in [3.8, 4) is 11.5 Å². The molecule has 3 aromatic carbocycles. The summed E-state index contributed by atoms with van der Waals surface area (Å²) in [5.74, 6) is 0.611. The molecule has 7 heteroatoms. The van der Waals surface area contributed by atoms with E-state index in [-0.39, 0.29) is 12.1 Å². The molecule has 0 aliphatic rings. The molecule has 6 nitrogen and oxygen atoms in total. The molecule has 3 rings (SSSR count). The predicted octanol–water partition coefficient (Wildman–Crippen LogP) is 5.22. The third-order valence-electron chi connectivity index (χ3n) is 3.73. The molecule has 1 amide bonds. The predicted molar refractivity (Wildman–Crippen MR) is 103 cm³/mol. The molecule has 0 heterocycles. The van der Waals surface area contributed by atoms with E-state index in [1.165, 1.54) is 6.07 Å². The van der Waals surface area contributed by atoms with Crippen LogP contribution in [0.1, 0.15) is 5.56 Å². The lowest BCUT2D eigenvalue weighted by molar-refractivity contribution is -0.385. The Morgan fingerprint density at radius 2 is 1.74 bits per heavy atom. The van der Waals surface area contributed by atoms with Gasteiger partial charge in [0.05, 0.1) is 17.0 Å². The first-order chi connectivity index (χ1) is 13.0. The molecule has 0 aliphatic heterocycles. The molecule has 1 N–H and O–H groups in total. The van der Waals surface area contributed by atoms with Crippen molar-refractivity contribution in [1.29, 1.82) is 0 Å². The number of nitro benzene ring substituents is 1. The van der Waals surface area contributed by atoms with Crippen molar-refractivity contribution in [3.63, 3.8) is 0 Å². The van der Waals surface area contributed by atoms with Crippen molar-refractivity contribution in [2.45, 2.75) is 6.42 Å². The van der Waals surface area contributed by atoms with Crippen LogP contribution in [0.15, 0.2) is 72.8 Å². The van der Waals surface area contributed by atoms with Crippen LogP contribution in [0.4, 0.5) is 11.4 Å². The van der Waals surface area contributed by atoms with Crippen LogP contribution in [-0.4, -0.2) is 10.8 Å². The van der Waals surface area contributed by atoms with Gasteiger partial charge in [-0.2, -0.15) is 0 Å². The van der Waals surface area contributed by atoms with Gasteiger partial charge in [-0.25, -0.2) is 0 Å². The van der Waals surface area contributed by atoms with E-state index in [4.69, 9.17) is 16.3 Å². The first kappa shape index (κ1) is 18.4. The average Bonchev–Trinajstić information content (AvgIpc) is 2.65. The lowest BCUT2D eigenvalue weighted by atomic mass is 10.1. The molecular weight excluding hydrogens is 368 g/mol. The highest BCUT2D eigenvalue weighted by atomic mass is 35.5. The summed E-state index contributed by atoms with van der Waals surface area (Å²) in [5, 5.41) is 14.2. The summed E-state index contributed by atoms with van der Waals surface area (Å²) in [7, 11) is 0. The topological polar surface area (TPSA) is 81.5 Å². The fraction of sp³-hybridized carbons (Fsp3) is 0.0500. The zero-order chi connectivity index (χ0) is 19.2. The maximum absolute atomic E-state index is 12.4. The summed E-state index contributed by atoms with van der Waals surface area (Å²) in [6.45, 7) is 0. The number of nitrogens with zero attached hydrogens (tertiary/aromatic N) is 1. The summed E-state index contributed by atoms with van der Waals surface area (Å²) in [6, 6.07) is 20.1. The zero-order valence-electron chi connectivity index (χ0n) is 14.1. The monoisotopic (exact) mass is 382 g/mol. The van der Waals surface area contributed by atoms with Gasteiger partial charge in [-0.1, -0.05) is 48.0 Å². The largest absolute Gasteiger partial charge is 0.455 e. The Labute approximate surface area is 160 Å². The fourth-order valence-electron chi connectivity index (χ4n) is 2.51. The van der Waals surface area contributed by atoms with E-state index < -0.39 is 10.8 Å². The number of amides is 1. The number of para-hydroxylation sites is 2. The third-order valence-corrected chi connectivity index (χ3v) is 3.96. The van der Waals surface area contributed by atoms with Crippen LogP contribution in [0.2, 0.25) is 5.02 Å². The van der Waals surface area contributed by atoms with Gasteiger partial charge in [-0.05, 0) is 30.3 Å². The van der Waals surface area contributed by atoms with E-state index in [1.807, 2.05) is 18.2 Å². The number of benzene rings is 3. The second kappa shape index (κ2) is 8.33. The molecule has 0 aliphatic carbocycles. The van der Waals surface area contributed by atoms with E-state index in [0.29, 0.717) is 27.8 Å². The molecule has 0 atom stereocenters. The lowest BCUT2D eigenvalue weighted by Crippen LogP contribution is -2.15. The maximum Gasteiger partial charge on any atom is 0.273 e. The van der Waals surface area contributed by atoms with Gasteiger partial charge in [0.25, 0.3) is 5.69 Å². The second-order valence-corrected chi connectivity index (χ2v) is 6.10. The maximum atomic E-state index is 12.4. The lowest BCUT2D eigenvalue weighted by Gasteiger charge is -2.13. The van der Waals surface area contributed by atoms with E-state index in [1.54, 1.807) is 48.5 Å². The minimum absolute atomic E-state index is 0.0977. The number of carbonyl (C=O) groups excluding carboxylic acids is 1. The van der Waals surface area contributed by atoms with E-state index in [9.17, 15) is 14.9 Å². The van der Waals surface area contributed by atoms with Gasteiger partial charge in [0.1, 0.15) is 5.75 Å². The van der Waals surface area contributed by atoms with Crippen LogP contribution < -0.4 is 10.1 Å². The summed E-state index contributed by atoms with van der Waals surface area (Å²) in [5.41, 5.74) is 0.613. The number of nitrogens with one attached hydrogen (secondary N) is 1. The minimum Gasteiger partial charge on any atom is -0.455 e. The summed E-state index contributed by atoms with van der Waals surface area (Å²) in [4.78, 5) is 23.0. The minimum atomic E-state index is -0.508. The number of hydrogen-bond donors (Lipinski definition) is 1. The van der Waals surface area contributed by atoms with Crippen LogP contribution in [0.3, 0.4) is 0 Å². The Hall–Kier alpha value is -3.38. The Balaban J connectivity index is 1.80. The number of anilines is 1. The molecule has 0 bridgehead atoms. The molecule has 0 fully saturated rings. The molecule has 0 unspecified atom stereocenters. The Morgan fingerprint density at radius 1 is 1.04 bits per heavy atom. The van der Waals surface area contributed by atoms with Gasteiger partial charge in [0.15, 0.2) is 5.75 Å². The molecule has 0 aromatic heterocycles. The van der Waals surface area contributed by atoms with Gasteiger partial charge in [-0.15, -0.1) is 0 Å². The highest BCUT2D eigenvalue weighted by Gasteiger charge is 2.17. The first-order valence-corrected chi connectivity index (χ1v) is 8.45. The zero-order valence-corrected chi connectivity index (χ0v) is 14.8. The molecular formula is C20H15ClN2O4. The molecule has 0 spiro atoms.